The summed E-state index contributed by atoms with van der Waals surface area (Å²) >= 11 is 0. The van der Waals surface area contributed by atoms with E-state index >= 15 is 0 Å². The molecule has 2 rings (SSSR count). The second-order valence-electron chi connectivity index (χ2n) is 3.99. The molecular weight excluding hydrogens is 272 g/mol. The zero-order valence-corrected chi connectivity index (χ0v) is 10.9. The normalized spacial score (nSPS) is 11.8. The lowest BCUT2D eigenvalue weighted by Gasteiger charge is -1.97. The number of aromatic amines is 1. The minimum Gasteiger partial charge on any atom is -0.480 e. The molecule has 7 nitrogen and oxygen atoms in total. The number of sulfone groups is 1. The van der Waals surface area contributed by atoms with Gasteiger partial charge in [-0.1, -0.05) is 6.07 Å². The van der Waals surface area contributed by atoms with Crippen LogP contribution in [-0.4, -0.2) is 42.3 Å². The molecule has 1 aromatic heterocycles. The number of carboxylic acids is 1. The summed E-state index contributed by atoms with van der Waals surface area (Å²) in [5, 5.41) is 8.45. The molecule has 8 heteroatoms. The van der Waals surface area contributed by atoms with Gasteiger partial charge in [0.05, 0.1) is 10.4 Å². The molecule has 0 saturated heterocycles. The fourth-order valence-corrected chi connectivity index (χ4v) is 2.49. The van der Waals surface area contributed by atoms with Gasteiger partial charge in [-0.05, 0) is 12.1 Å². The van der Waals surface area contributed by atoms with Crippen LogP contribution in [0.5, 0.6) is 0 Å². The molecule has 0 aliphatic carbocycles. The number of nitrogens with zero attached hydrogens (tertiary/aromatic N) is 1. The van der Waals surface area contributed by atoms with Gasteiger partial charge < -0.3 is 14.8 Å². The molecule has 0 atom stereocenters. The first-order valence-corrected chi connectivity index (χ1v) is 7.24. The summed E-state index contributed by atoms with van der Waals surface area (Å²) in [6.07, 6.45) is 1.11. The fourth-order valence-electron chi connectivity index (χ4n) is 1.66. The highest BCUT2D eigenvalue weighted by atomic mass is 32.2. The zero-order chi connectivity index (χ0) is 14.0. The Morgan fingerprint density at radius 3 is 2.84 bits per heavy atom. The number of aliphatic carboxylic acids is 1. The molecule has 2 N–H and O–H groups in total. The van der Waals surface area contributed by atoms with Crippen molar-refractivity contribution in [1.29, 1.82) is 0 Å². The molecule has 1 heterocycles. The topological polar surface area (TPSA) is 109 Å². The van der Waals surface area contributed by atoms with Gasteiger partial charge in [-0.2, -0.15) is 0 Å². The maximum atomic E-state index is 11.6. The summed E-state index contributed by atoms with van der Waals surface area (Å²) in [4.78, 5) is 17.5. The Labute approximate surface area is 109 Å². The molecule has 0 aliphatic heterocycles. The average molecular weight is 284 g/mol. The summed E-state index contributed by atoms with van der Waals surface area (Å²) in [5.74, 6) is -0.694. The highest BCUT2D eigenvalue weighted by molar-refractivity contribution is 7.91. The summed E-state index contributed by atoms with van der Waals surface area (Å²) in [7, 11) is -3.37. The summed E-state index contributed by atoms with van der Waals surface area (Å²) in [5.41, 5.74) is 0.899. The van der Waals surface area contributed by atoms with Gasteiger partial charge in [-0.15, -0.1) is 0 Å². The number of fused-ring (bicyclic) bond motifs is 1. The Morgan fingerprint density at radius 1 is 1.47 bits per heavy atom. The summed E-state index contributed by atoms with van der Waals surface area (Å²) in [6.45, 7) is -0.458. The Kier molecular flexibility index (Phi) is 3.54. The van der Waals surface area contributed by atoms with E-state index in [0.717, 1.165) is 6.26 Å². The van der Waals surface area contributed by atoms with Crippen LogP contribution in [0, 0.1) is 0 Å². The van der Waals surface area contributed by atoms with Crippen LogP contribution in [0.4, 0.5) is 0 Å². The summed E-state index contributed by atoms with van der Waals surface area (Å²) in [6, 6.07) is 4.77. The molecule has 0 spiro atoms. The first kappa shape index (κ1) is 13.5. The third kappa shape index (κ3) is 3.09. The van der Waals surface area contributed by atoms with E-state index in [1.807, 2.05) is 0 Å². The van der Waals surface area contributed by atoms with E-state index in [0.29, 0.717) is 16.9 Å². The molecular formula is C11H12N2O5S. The second kappa shape index (κ2) is 4.98. The average Bonchev–Trinajstić information content (AvgIpc) is 2.69. The van der Waals surface area contributed by atoms with Crippen molar-refractivity contribution in [2.75, 3.05) is 12.9 Å². The number of hydrogen-bond donors (Lipinski definition) is 2. The number of carboxylic acid groups (broad SMARTS) is 1. The molecule has 0 saturated carbocycles. The van der Waals surface area contributed by atoms with E-state index in [1.165, 1.54) is 6.07 Å². The van der Waals surface area contributed by atoms with Crippen molar-refractivity contribution in [3.63, 3.8) is 0 Å². The third-order valence-corrected chi connectivity index (χ3v) is 3.52. The lowest BCUT2D eigenvalue weighted by Crippen LogP contribution is -2.07. The van der Waals surface area contributed by atoms with Crippen molar-refractivity contribution in [2.45, 2.75) is 11.5 Å². The highest BCUT2D eigenvalue weighted by Crippen LogP contribution is 2.21. The lowest BCUT2D eigenvalue weighted by atomic mass is 10.3. The number of rotatable bonds is 5. The van der Waals surface area contributed by atoms with Gasteiger partial charge in [0.1, 0.15) is 24.6 Å². The number of nitrogens with one attached hydrogen (secondary N) is 1. The Morgan fingerprint density at radius 2 is 2.21 bits per heavy atom. The van der Waals surface area contributed by atoms with Gasteiger partial charge in [0.15, 0.2) is 9.84 Å². The van der Waals surface area contributed by atoms with Crippen molar-refractivity contribution in [2.24, 2.45) is 0 Å². The SMILES string of the molecule is CS(=O)(=O)c1cccc2[nH]c(COCC(=O)O)nc12. The van der Waals surface area contributed by atoms with Crippen LogP contribution in [0.1, 0.15) is 5.82 Å². The molecule has 0 unspecified atom stereocenters. The number of H-pyrrole nitrogens is 1. The number of aromatic nitrogens is 2. The fraction of sp³-hybridized carbons (Fsp3) is 0.273. The first-order valence-electron chi connectivity index (χ1n) is 5.35. The molecule has 2 aromatic rings. The van der Waals surface area contributed by atoms with E-state index in [4.69, 9.17) is 9.84 Å². The maximum Gasteiger partial charge on any atom is 0.329 e. The van der Waals surface area contributed by atoms with E-state index in [2.05, 4.69) is 9.97 Å². The van der Waals surface area contributed by atoms with Crippen LogP contribution in [0.15, 0.2) is 23.1 Å². The third-order valence-electron chi connectivity index (χ3n) is 2.39. The molecule has 0 fully saturated rings. The molecule has 19 heavy (non-hydrogen) atoms. The largest absolute Gasteiger partial charge is 0.480 e. The first-order chi connectivity index (χ1) is 8.88. The number of hydrogen-bond acceptors (Lipinski definition) is 5. The minimum absolute atomic E-state index is 0.0236. The van der Waals surface area contributed by atoms with Crippen LogP contribution >= 0.6 is 0 Å². The Bertz CT molecular complexity index is 720. The number of benzene rings is 1. The van der Waals surface area contributed by atoms with Gasteiger partial charge in [0.2, 0.25) is 0 Å². The van der Waals surface area contributed by atoms with Crippen molar-refractivity contribution in [1.82, 2.24) is 9.97 Å². The predicted octanol–water partition coefficient (Wildman–Crippen LogP) is 0.568. The van der Waals surface area contributed by atoms with Crippen LogP contribution < -0.4 is 0 Å². The van der Waals surface area contributed by atoms with E-state index in [9.17, 15) is 13.2 Å². The van der Waals surface area contributed by atoms with Crippen molar-refractivity contribution in [3.8, 4) is 0 Å². The molecule has 0 radical (unpaired) electrons. The van der Waals surface area contributed by atoms with Crippen molar-refractivity contribution >= 4 is 26.8 Å². The smallest absolute Gasteiger partial charge is 0.329 e. The molecule has 1 aromatic carbocycles. The van der Waals surface area contributed by atoms with Crippen LogP contribution in [-0.2, 0) is 26.0 Å². The monoisotopic (exact) mass is 284 g/mol. The predicted molar refractivity (Wildman–Crippen MR) is 66.5 cm³/mol. The number of carbonyl (C=O) groups is 1. The Hall–Kier alpha value is -1.93. The summed E-state index contributed by atoms with van der Waals surface area (Å²) < 4.78 is 28.1. The van der Waals surface area contributed by atoms with Gasteiger partial charge in [-0.3, -0.25) is 0 Å². The van der Waals surface area contributed by atoms with Crippen LogP contribution in [0.25, 0.3) is 11.0 Å². The van der Waals surface area contributed by atoms with Crippen molar-refractivity contribution < 1.29 is 23.1 Å². The zero-order valence-electron chi connectivity index (χ0n) is 10.1. The molecule has 0 aliphatic rings. The van der Waals surface area contributed by atoms with Crippen molar-refractivity contribution in [3.05, 3.63) is 24.0 Å². The minimum atomic E-state index is -3.37. The lowest BCUT2D eigenvalue weighted by molar-refractivity contribution is -0.142. The number of ether oxygens (including phenoxy) is 1. The standard InChI is InChI=1S/C11H12N2O5S/c1-19(16,17)8-4-2-3-7-11(8)13-9(12-7)5-18-6-10(14)15/h2-4H,5-6H2,1H3,(H,12,13)(H,14,15). The molecule has 102 valence electrons. The van der Waals surface area contributed by atoms with E-state index in [-0.39, 0.29) is 11.5 Å². The van der Waals surface area contributed by atoms with Crippen LogP contribution in [0.3, 0.4) is 0 Å². The van der Waals surface area contributed by atoms with Gasteiger partial charge in [0.25, 0.3) is 0 Å². The van der Waals surface area contributed by atoms with E-state index < -0.39 is 22.4 Å². The Balaban J connectivity index is 2.33. The molecule has 0 bridgehead atoms. The second-order valence-corrected chi connectivity index (χ2v) is 5.98. The number of para-hydroxylation sites is 1. The highest BCUT2D eigenvalue weighted by Gasteiger charge is 2.15. The molecule has 0 amide bonds. The number of imidazole rings is 1. The maximum absolute atomic E-state index is 11.6. The van der Waals surface area contributed by atoms with Gasteiger partial charge in [0, 0.05) is 6.26 Å². The van der Waals surface area contributed by atoms with Gasteiger partial charge >= 0.3 is 5.97 Å². The quantitative estimate of drug-likeness (QED) is 0.830. The van der Waals surface area contributed by atoms with E-state index in [1.54, 1.807) is 12.1 Å². The van der Waals surface area contributed by atoms with Crippen LogP contribution in [0.2, 0.25) is 0 Å². The van der Waals surface area contributed by atoms with Gasteiger partial charge in [-0.25, -0.2) is 18.2 Å².